The van der Waals surface area contributed by atoms with Crippen molar-refractivity contribution in [3.8, 4) is 0 Å². The molecule has 0 bridgehead atoms. The van der Waals surface area contributed by atoms with E-state index >= 15 is 0 Å². The zero-order chi connectivity index (χ0) is 6.69. The van der Waals surface area contributed by atoms with Crippen LogP contribution < -0.4 is 0 Å². The molecule has 1 fully saturated rings. The van der Waals surface area contributed by atoms with Crippen LogP contribution in [-0.4, -0.2) is 6.17 Å². The average Bonchev–Trinajstić information content (AvgIpc) is 1.88. The molecule has 1 heteroatoms. The van der Waals surface area contributed by atoms with Crippen LogP contribution in [0.4, 0.5) is 4.39 Å². The van der Waals surface area contributed by atoms with Crippen LogP contribution in [0, 0.1) is 5.92 Å². The maximum absolute atomic E-state index is 12.6. The maximum atomic E-state index is 12.6. The van der Waals surface area contributed by atoms with Gasteiger partial charge in [0.2, 0.25) is 0 Å². The molecule has 1 unspecified atom stereocenters. The molecule has 0 nitrogen and oxygen atoms in total. The highest BCUT2D eigenvalue weighted by Crippen LogP contribution is 2.27. The second-order valence-corrected chi connectivity index (χ2v) is 3.04. The van der Waals surface area contributed by atoms with Gasteiger partial charge in [-0.3, -0.25) is 0 Å². The predicted octanol–water partition coefficient (Wildman–Crippen LogP) is 2.92. The number of hydrogen-bond donors (Lipinski definition) is 0. The number of rotatable bonds is 1. The summed E-state index contributed by atoms with van der Waals surface area (Å²) in [5.41, 5.74) is 0. The molecule has 0 N–H and O–H groups in total. The molecule has 0 spiro atoms. The smallest absolute Gasteiger partial charge is 0.100 e. The minimum atomic E-state index is -0.483. The molecule has 0 heterocycles. The minimum Gasteiger partial charge on any atom is -0.247 e. The molecule has 0 radical (unpaired) electrons. The van der Waals surface area contributed by atoms with E-state index in [-0.39, 0.29) is 0 Å². The number of halogens is 1. The molecular formula is C8H15F. The van der Waals surface area contributed by atoms with Gasteiger partial charge in [0.1, 0.15) is 6.17 Å². The Labute approximate surface area is 56.5 Å². The van der Waals surface area contributed by atoms with Crippen molar-refractivity contribution in [3.63, 3.8) is 0 Å². The van der Waals surface area contributed by atoms with Gasteiger partial charge in [-0.2, -0.15) is 0 Å². The third-order valence-electron chi connectivity index (χ3n) is 2.30. The average molecular weight is 130 g/mol. The molecule has 2 atom stereocenters. The molecule has 1 aliphatic rings. The van der Waals surface area contributed by atoms with Crippen LogP contribution in [-0.2, 0) is 0 Å². The fourth-order valence-electron chi connectivity index (χ4n) is 1.60. The Morgan fingerprint density at radius 3 is 2.67 bits per heavy atom. The highest BCUT2D eigenvalue weighted by molar-refractivity contribution is 4.70. The molecule has 1 saturated carbocycles. The van der Waals surface area contributed by atoms with Gasteiger partial charge in [-0.25, -0.2) is 4.39 Å². The van der Waals surface area contributed by atoms with Gasteiger partial charge in [0.15, 0.2) is 0 Å². The van der Waals surface area contributed by atoms with Gasteiger partial charge in [-0.05, 0) is 18.8 Å². The molecule has 54 valence electrons. The molecule has 0 aromatic carbocycles. The van der Waals surface area contributed by atoms with Crippen LogP contribution in [0.2, 0.25) is 0 Å². The molecule has 9 heavy (non-hydrogen) atoms. The van der Waals surface area contributed by atoms with Crippen LogP contribution in [0.25, 0.3) is 0 Å². The van der Waals surface area contributed by atoms with Crippen molar-refractivity contribution in [3.05, 3.63) is 0 Å². The summed E-state index contributed by atoms with van der Waals surface area (Å²) in [7, 11) is 0. The summed E-state index contributed by atoms with van der Waals surface area (Å²) in [4.78, 5) is 0. The summed E-state index contributed by atoms with van der Waals surface area (Å²) in [5, 5.41) is 0. The van der Waals surface area contributed by atoms with E-state index in [0.717, 1.165) is 19.3 Å². The maximum Gasteiger partial charge on any atom is 0.100 e. The first-order valence-electron chi connectivity index (χ1n) is 3.97. The van der Waals surface area contributed by atoms with Crippen LogP contribution in [0.1, 0.15) is 39.0 Å². The second-order valence-electron chi connectivity index (χ2n) is 3.04. The van der Waals surface area contributed by atoms with E-state index in [1.54, 1.807) is 0 Å². The van der Waals surface area contributed by atoms with Gasteiger partial charge in [0.05, 0.1) is 0 Å². The van der Waals surface area contributed by atoms with E-state index in [1.165, 1.54) is 12.8 Å². The van der Waals surface area contributed by atoms with E-state index in [2.05, 4.69) is 6.92 Å². The normalized spacial score (nSPS) is 36.7. The molecule has 1 aliphatic carbocycles. The van der Waals surface area contributed by atoms with E-state index in [9.17, 15) is 4.39 Å². The van der Waals surface area contributed by atoms with E-state index in [1.807, 2.05) is 0 Å². The van der Waals surface area contributed by atoms with Crippen molar-refractivity contribution in [1.82, 2.24) is 0 Å². The Bertz CT molecular complexity index is 80.6. The Hall–Kier alpha value is -0.0700. The van der Waals surface area contributed by atoms with Crippen molar-refractivity contribution in [2.24, 2.45) is 5.92 Å². The minimum absolute atomic E-state index is 0.483. The Morgan fingerprint density at radius 2 is 2.22 bits per heavy atom. The highest BCUT2D eigenvalue weighted by Gasteiger charge is 2.19. The molecule has 0 saturated heterocycles. The third kappa shape index (κ3) is 1.96. The standard InChI is InChI=1S/C8H15F/c1-2-7-4-3-5-8(9)6-7/h7-8H,2-6H2,1H3/t7?,8-/m0/s1. The Morgan fingerprint density at radius 1 is 1.44 bits per heavy atom. The van der Waals surface area contributed by atoms with E-state index < -0.39 is 6.17 Å². The number of hydrogen-bond acceptors (Lipinski definition) is 0. The van der Waals surface area contributed by atoms with Gasteiger partial charge in [-0.15, -0.1) is 0 Å². The zero-order valence-corrected chi connectivity index (χ0v) is 6.07. The lowest BCUT2D eigenvalue weighted by atomic mass is 9.86. The summed E-state index contributed by atoms with van der Waals surface area (Å²) >= 11 is 0. The summed E-state index contributed by atoms with van der Waals surface area (Å²) in [6, 6.07) is 0. The van der Waals surface area contributed by atoms with Crippen molar-refractivity contribution >= 4 is 0 Å². The van der Waals surface area contributed by atoms with Crippen molar-refractivity contribution in [2.45, 2.75) is 45.2 Å². The lowest BCUT2D eigenvalue weighted by molar-refractivity contribution is 0.195. The first kappa shape index (κ1) is 7.04. The van der Waals surface area contributed by atoms with Crippen LogP contribution in [0.15, 0.2) is 0 Å². The van der Waals surface area contributed by atoms with Crippen LogP contribution in [0.5, 0.6) is 0 Å². The third-order valence-corrected chi connectivity index (χ3v) is 2.30. The highest BCUT2D eigenvalue weighted by atomic mass is 19.1. The van der Waals surface area contributed by atoms with Gasteiger partial charge < -0.3 is 0 Å². The van der Waals surface area contributed by atoms with Crippen molar-refractivity contribution in [1.29, 1.82) is 0 Å². The fraction of sp³-hybridized carbons (Fsp3) is 1.00. The van der Waals surface area contributed by atoms with E-state index in [0.29, 0.717) is 5.92 Å². The molecule has 0 aromatic heterocycles. The largest absolute Gasteiger partial charge is 0.247 e. The summed E-state index contributed by atoms with van der Waals surface area (Å²) < 4.78 is 12.6. The van der Waals surface area contributed by atoms with Crippen molar-refractivity contribution in [2.75, 3.05) is 0 Å². The second kappa shape index (κ2) is 3.19. The van der Waals surface area contributed by atoms with Gasteiger partial charge >= 0.3 is 0 Å². The monoisotopic (exact) mass is 130 g/mol. The SMILES string of the molecule is CCC1CCC[C@H](F)C1. The van der Waals surface area contributed by atoms with Gasteiger partial charge in [0, 0.05) is 0 Å². The Balaban J connectivity index is 2.23. The van der Waals surface area contributed by atoms with Gasteiger partial charge in [0.25, 0.3) is 0 Å². The van der Waals surface area contributed by atoms with E-state index in [4.69, 9.17) is 0 Å². The summed E-state index contributed by atoms with van der Waals surface area (Å²) in [6.07, 6.45) is 4.70. The first-order valence-corrected chi connectivity index (χ1v) is 3.97. The first-order chi connectivity index (χ1) is 4.33. The molecule has 0 amide bonds. The quantitative estimate of drug-likeness (QED) is 0.512. The van der Waals surface area contributed by atoms with Crippen LogP contribution in [0.3, 0.4) is 0 Å². The lowest BCUT2D eigenvalue weighted by Gasteiger charge is -2.22. The topological polar surface area (TPSA) is 0 Å². The molecule has 0 aromatic rings. The van der Waals surface area contributed by atoms with Crippen molar-refractivity contribution < 1.29 is 4.39 Å². The van der Waals surface area contributed by atoms with Crippen LogP contribution >= 0.6 is 0 Å². The molecule has 0 aliphatic heterocycles. The number of alkyl halides is 1. The molecular weight excluding hydrogens is 115 g/mol. The zero-order valence-electron chi connectivity index (χ0n) is 6.07. The molecule has 1 rings (SSSR count). The summed E-state index contributed by atoms with van der Waals surface area (Å²) in [6.45, 7) is 2.16. The lowest BCUT2D eigenvalue weighted by Crippen LogP contribution is -2.15. The predicted molar refractivity (Wildman–Crippen MR) is 37.1 cm³/mol. The fourth-order valence-corrected chi connectivity index (χ4v) is 1.60. The summed E-state index contributed by atoms with van der Waals surface area (Å²) in [5.74, 6) is 0.689. The van der Waals surface area contributed by atoms with Gasteiger partial charge in [-0.1, -0.05) is 26.2 Å². The Kier molecular flexibility index (Phi) is 2.49.